The quantitative estimate of drug-likeness (QED) is 0.350. The zero-order chi connectivity index (χ0) is 15.7. The predicted octanol–water partition coefficient (Wildman–Crippen LogP) is 3.29. The van der Waals surface area contributed by atoms with Crippen LogP contribution in [0.4, 0.5) is 0 Å². The smallest absolute Gasteiger partial charge is 0.349 e. The van der Waals surface area contributed by atoms with Crippen molar-refractivity contribution in [1.82, 2.24) is 0 Å². The molecule has 0 saturated carbocycles. The lowest BCUT2D eigenvalue weighted by atomic mass is 10.2. The Morgan fingerprint density at radius 2 is 2.10 bits per heavy atom. The molecule has 5 heteroatoms. The summed E-state index contributed by atoms with van der Waals surface area (Å²) in [6, 6.07) is 11.1. The van der Waals surface area contributed by atoms with E-state index >= 15 is 0 Å². The van der Waals surface area contributed by atoms with Gasteiger partial charge >= 0.3 is 5.97 Å². The maximum atomic E-state index is 11.8. The summed E-state index contributed by atoms with van der Waals surface area (Å²) in [7, 11) is 1.50. The van der Waals surface area contributed by atoms with Gasteiger partial charge in [-0.3, -0.25) is 0 Å². The minimum atomic E-state index is -0.721. The van der Waals surface area contributed by atoms with E-state index in [1.165, 1.54) is 13.2 Å². The van der Waals surface area contributed by atoms with Gasteiger partial charge in [0.2, 0.25) is 0 Å². The molecule has 110 valence electrons. The highest BCUT2D eigenvalue weighted by Gasteiger charge is 2.14. The minimum Gasteiger partial charge on any atom is -0.456 e. The Morgan fingerprint density at radius 3 is 2.67 bits per heavy atom. The van der Waals surface area contributed by atoms with Crippen LogP contribution in [0.5, 0.6) is 0 Å². The van der Waals surface area contributed by atoms with Crippen LogP contribution in [0.1, 0.15) is 12.5 Å². The zero-order valence-electron chi connectivity index (χ0n) is 11.9. The van der Waals surface area contributed by atoms with Crippen LogP contribution in [-0.4, -0.2) is 25.8 Å². The Balaban J connectivity index is 2.81. The van der Waals surface area contributed by atoms with E-state index in [0.29, 0.717) is 0 Å². The van der Waals surface area contributed by atoms with Gasteiger partial charge in [0.25, 0.3) is 0 Å². The summed E-state index contributed by atoms with van der Waals surface area (Å²) >= 11 is 6.03. The van der Waals surface area contributed by atoms with E-state index in [0.717, 1.165) is 5.56 Å². The number of methoxy groups -OCH3 is 1. The van der Waals surface area contributed by atoms with Gasteiger partial charge < -0.3 is 9.47 Å². The van der Waals surface area contributed by atoms with Crippen LogP contribution in [0.15, 0.2) is 47.0 Å². The average molecular weight is 306 g/mol. The molecule has 0 spiro atoms. The number of esters is 1. The third kappa shape index (κ3) is 6.26. The SMILES string of the molecule is COC[C@H](C)OC(=O)/C(C#N)=C/C(Cl)=C/c1ccccc1. The van der Waals surface area contributed by atoms with Crippen LogP contribution in [-0.2, 0) is 14.3 Å². The van der Waals surface area contributed by atoms with Crippen LogP contribution in [0, 0.1) is 11.3 Å². The van der Waals surface area contributed by atoms with Crippen molar-refractivity contribution >= 4 is 23.6 Å². The number of carbonyl (C=O) groups is 1. The van der Waals surface area contributed by atoms with E-state index in [1.807, 2.05) is 30.3 Å². The third-order valence-corrected chi connectivity index (χ3v) is 2.65. The first kappa shape index (κ1) is 17.0. The first-order valence-electron chi connectivity index (χ1n) is 6.30. The molecule has 4 nitrogen and oxygen atoms in total. The highest BCUT2D eigenvalue weighted by atomic mass is 35.5. The van der Waals surface area contributed by atoms with Crippen molar-refractivity contribution in [2.75, 3.05) is 13.7 Å². The maximum Gasteiger partial charge on any atom is 0.349 e. The Kier molecular flexibility index (Phi) is 7.24. The molecule has 0 aliphatic carbocycles. The predicted molar refractivity (Wildman–Crippen MR) is 81.4 cm³/mol. The molecule has 0 fully saturated rings. The molecule has 1 rings (SSSR count). The number of ether oxygens (including phenoxy) is 2. The Labute approximate surface area is 129 Å². The maximum absolute atomic E-state index is 11.8. The Morgan fingerprint density at radius 1 is 1.43 bits per heavy atom. The first-order chi connectivity index (χ1) is 10.1. The average Bonchev–Trinajstić information content (AvgIpc) is 2.45. The zero-order valence-corrected chi connectivity index (χ0v) is 12.6. The van der Waals surface area contributed by atoms with Crippen LogP contribution < -0.4 is 0 Å². The van der Waals surface area contributed by atoms with Gasteiger partial charge in [-0.25, -0.2) is 4.79 Å². The van der Waals surface area contributed by atoms with Crippen LogP contribution in [0.3, 0.4) is 0 Å². The molecular weight excluding hydrogens is 290 g/mol. The van der Waals surface area contributed by atoms with E-state index < -0.39 is 12.1 Å². The summed E-state index contributed by atoms with van der Waals surface area (Å²) in [5.74, 6) is -0.721. The summed E-state index contributed by atoms with van der Waals surface area (Å²) in [5.41, 5.74) is 0.715. The van der Waals surface area contributed by atoms with E-state index in [-0.39, 0.29) is 17.2 Å². The number of allylic oxidation sites excluding steroid dienone is 2. The fraction of sp³-hybridized carbons (Fsp3) is 0.250. The number of halogens is 1. The second-order valence-corrected chi connectivity index (χ2v) is 4.72. The standard InChI is InChI=1S/C16H16ClNO3/c1-12(11-20-2)21-16(19)14(10-18)9-15(17)8-13-6-4-3-5-7-13/h3-9,12H,11H2,1-2H3/b14-9+,15-8-/t12-/m0/s1. The second-order valence-electron chi connectivity index (χ2n) is 4.28. The molecule has 0 bridgehead atoms. The van der Waals surface area contributed by atoms with Crippen molar-refractivity contribution < 1.29 is 14.3 Å². The molecule has 21 heavy (non-hydrogen) atoms. The summed E-state index contributed by atoms with van der Waals surface area (Å²) < 4.78 is 9.92. The highest BCUT2D eigenvalue weighted by molar-refractivity contribution is 6.33. The lowest BCUT2D eigenvalue weighted by Gasteiger charge is -2.11. The molecule has 0 aliphatic rings. The lowest BCUT2D eigenvalue weighted by molar-refractivity contribution is -0.145. The van der Waals surface area contributed by atoms with E-state index in [2.05, 4.69) is 0 Å². The summed E-state index contributed by atoms with van der Waals surface area (Å²) in [5, 5.41) is 9.29. The van der Waals surface area contributed by atoms with Gasteiger partial charge in [0, 0.05) is 12.1 Å². The number of hydrogen-bond donors (Lipinski definition) is 0. The topological polar surface area (TPSA) is 59.3 Å². The van der Waals surface area contributed by atoms with Gasteiger partial charge in [-0.15, -0.1) is 0 Å². The summed E-state index contributed by atoms with van der Waals surface area (Å²) in [4.78, 5) is 11.8. The second kappa shape index (κ2) is 8.96. The van der Waals surface area contributed by atoms with Gasteiger partial charge in [-0.1, -0.05) is 41.9 Å². The largest absolute Gasteiger partial charge is 0.456 e. The van der Waals surface area contributed by atoms with Gasteiger partial charge in [0.1, 0.15) is 17.7 Å². The van der Waals surface area contributed by atoms with Crippen molar-refractivity contribution in [3.05, 3.63) is 52.6 Å². The molecule has 0 aliphatic heterocycles. The fourth-order valence-corrected chi connectivity index (χ4v) is 1.77. The van der Waals surface area contributed by atoms with Crippen molar-refractivity contribution in [2.24, 2.45) is 0 Å². The number of benzene rings is 1. The lowest BCUT2D eigenvalue weighted by Crippen LogP contribution is -2.20. The van der Waals surface area contributed by atoms with E-state index in [1.54, 1.807) is 19.1 Å². The highest BCUT2D eigenvalue weighted by Crippen LogP contribution is 2.14. The Hall–Kier alpha value is -2.09. The molecule has 0 amide bonds. The van der Waals surface area contributed by atoms with Gasteiger partial charge in [0.15, 0.2) is 0 Å². The van der Waals surface area contributed by atoms with Crippen molar-refractivity contribution in [3.8, 4) is 6.07 Å². The fourth-order valence-electron chi connectivity index (χ4n) is 1.54. The molecule has 0 heterocycles. The number of hydrogen-bond acceptors (Lipinski definition) is 4. The number of rotatable bonds is 6. The van der Waals surface area contributed by atoms with E-state index in [4.69, 9.17) is 26.3 Å². The van der Waals surface area contributed by atoms with Gasteiger partial charge in [-0.2, -0.15) is 5.26 Å². The van der Waals surface area contributed by atoms with Crippen LogP contribution in [0.2, 0.25) is 0 Å². The van der Waals surface area contributed by atoms with Crippen molar-refractivity contribution in [3.63, 3.8) is 0 Å². The molecular formula is C16H16ClNO3. The van der Waals surface area contributed by atoms with Crippen molar-refractivity contribution in [2.45, 2.75) is 13.0 Å². The molecule has 0 radical (unpaired) electrons. The number of nitriles is 1. The van der Waals surface area contributed by atoms with Crippen molar-refractivity contribution in [1.29, 1.82) is 5.26 Å². The molecule has 1 atom stereocenters. The first-order valence-corrected chi connectivity index (χ1v) is 6.68. The third-order valence-electron chi connectivity index (χ3n) is 2.44. The monoisotopic (exact) mass is 305 g/mol. The Bertz CT molecular complexity index is 573. The number of carbonyl (C=O) groups excluding carboxylic acids is 1. The molecule has 0 saturated heterocycles. The summed E-state index contributed by atoms with van der Waals surface area (Å²) in [6.07, 6.45) is 2.51. The number of nitrogens with zero attached hydrogens (tertiary/aromatic N) is 1. The molecule has 0 aromatic heterocycles. The molecule has 0 unspecified atom stereocenters. The van der Waals surface area contributed by atoms with E-state index in [9.17, 15) is 4.79 Å². The van der Waals surface area contributed by atoms with Gasteiger partial charge in [0.05, 0.1) is 6.61 Å². The normalized spacial score (nSPS) is 13.4. The molecule has 1 aromatic rings. The summed E-state index contributed by atoms with van der Waals surface area (Å²) in [6.45, 7) is 1.94. The minimum absolute atomic E-state index is 0.157. The van der Waals surface area contributed by atoms with Crippen LogP contribution >= 0.6 is 11.6 Å². The van der Waals surface area contributed by atoms with Gasteiger partial charge in [-0.05, 0) is 24.6 Å². The van der Waals surface area contributed by atoms with Crippen LogP contribution in [0.25, 0.3) is 6.08 Å². The molecule has 0 N–H and O–H groups in total. The molecule has 1 aromatic carbocycles.